The van der Waals surface area contributed by atoms with Gasteiger partial charge in [-0.15, -0.1) is 22.7 Å². The summed E-state index contributed by atoms with van der Waals surface area (Å²) in [7, 11) is 0. The summed E-state index contributed by atoms with van der Waals surface area (Å²) in [4.78, 5) is 17.5. The highest BCUT2D eigenvalue weighted by Crippen LogP contribution is 2.27. The topological polar surface area (TPSA) is 62.2 Å². The molecule has 0 radical (unpaired) electrons. The smallest absolute Gasteiger partial charge is 0.303 e. The van der Waals surface area contributed by atoms with Crippen LogP contribution in [0.2, 0.25) is 0 Å². The molecule has 0 saturated heterocycles. The second-order valence-electron chi connectivity index (χ2n) is 4.35. The second kappa shape index (κ2) is 6.16. The molecule has 0 amide bonds. The molecule has 6 heteroatoms. The summed E-state index contributed by atoms with van der Waals surface area (Å²) in [6.45, 7) is 4.19. The first-order chi connectivity index (χ1) is 9.04. The third kappa shape index (κ3) is 4.04. The van der Waals surface area contributed by atoms with Gasteiger partial charge in [0.15, 0.2) is 5.13 Å². The largest absolute Gasteiger partial charge is 0.481 e. The Bertz CT molecular complexity index is 562. The van der Waals surface area contributed by atoms with E-state index in [0.29, 0.717) is 6.42 Å². The maximum atomic E-state index is 10.5. The number of rotatable bonds is 6. The quantitative estimate of drug-likeness (QED) is 0.853. The lowest BCUT2D eigenvalue weighted by Crippen LogP contribution is -2.04. The van der Waals surface area contributed by atoms with Crippen molar-refractivity contribution in [2.45, 2.75) is 32.7 Å². The van der Waals surface area contributed by atoms with E-state index in [4.69, 9.17) is 5.11 Å². The zero-order chi connectivity index (χ0) is 13.8. The first-order valence-electron chi connectivity index (χ1n) is 6.03. The maximum absolute atomic E-state index is 10.5. The van der Waals surface area contributed by atoms with Crippen LogP contribution in [0.25, 0.3) is 0 Å². The van der Waals surface area contributed by atoms with E-state index in [1.54, 1.807) is 11.3 Å². The fraction of sp³-hybridized carbons (Fsp3) is 0.385. The van der Waals surface area contributed by atoms with E-state index < -0.39 is 5.97 Å². The molecule has 4 nitrogen and oxygen atoms in total. The normalized spacial score (nSPS) is 12.3. The number of nitrogens with zero attached hydrogens (tertiary/aromatic N) is 1. The first-order valence-corrected chi connectivity index (χ1v) is 7.73. The Balaban J connectivity index is 1.94. The standard InChI is InChI=1S/C13H16N2O2S2/c1-8-3-5-11(19-8)9(2)14-13-15-10(7-18-13)4-6-12(16)17/h3,5,7,9H,4,6H2,1-2H3,(H,14,15)(H,16,17). The van der Waals surface area contributed by atoms with E-state index in [1.165, 1.54) is 21.1 Å². The number of thiophene rings is 1. The minimum Gasteiger partial charge on any atom is -0.481 e. The number of aliphatic carboxylic acids is 1. The van der Waals surface area contributed by atoms with Crippen LogP contribution in [0.1, 0.15) is 34.8 Å². The van der Waals surface area contributed by atoms with Crippen LogP contribution in [-0.2, 0) is 11.2 Å². The molecule has 2 heterocycles. The number of hydrogen-bond acceptors (Lipinski definition) is 5. The highest BCUT2D eigenvalue weighted by atomic mass is 32.1. The van der Waals surface area contributed by atoms with Gasteiger partial charge in [0.2, 0.25) is 0 Å². The monoisotopic (exact) mass is 296 g/mol. The zero-order valence-corrected chi connectivity index (χ0v) is 12.5. The van der Waals surface area contributed by atoms with Crippen molar-refractivity contribution in [3.8, 4) is 0 Å². The summed E-state index contributed by atoms with van der Waals surface area (Å²) in [5, 5.41) is 14.7. The van der Waals surface area contributed by atoms with Gasteiger partial charge in [0.25, 0.3) is 0 Å². The molecule has 1 atom stereocenters. The Kier molecular flexibility index (Phi) is 4.55. The van der Waals surface area contributed by atoms with Crippen molar-refractivity contribution in [3.63, 3.8) is 0 Å². The fourth-order valence-electron chi connectivity index (χ4n) is 1.67. The van der Waals surface area contributed by atoms with Gasteiger partial charge in [0.1, 0.15) is 0 Å². The molecule has 0 fully saturated rings. The average Bonchev–Trinajstić information content (AvgIpc) is 2.95. The van der Waals surface area contributed by atoms with E-state index in [0.717, 1.165) is 10.8 Å². The van der Waals surface area contributed by atoms with Gasteiger partial charge in [0.05, 0.1) is 18.2 Å². The molecule has 2 aromatic heterocycles. The lowest BCUT2D eigenvalue weighted by Gasteiger charge is -2.10. The number of nitrogens with one attached hydrogen (secondary N) is 1. The molecular weight excluding hydrogens is 280 g/mol. The summed E-state index contributed by atoms with van der Waals surface area (Å²) in [6.07, 6.45) is 0.614. The molecule has 0 saturated carbocycles. The molecule has 0 bridgehead atoms. The number of aromatic nitrogens is 1. The predicted octanol–water partition coefficient (Wildman–Crippen LogP) is 3.70. The van der Waals surface area contributed by atoms with E-state index in [1.807, 2.05) is 5.38 Å². The van der Waals surface area contributed by atoms with Crippen molar-refractivity contribution in [3.05, 3.63) is 33.0 Å². The van der Waals surface area contributed by atoms with E-state index in [2.05, 4.69) is 36.3 Å². The minimum atomic E-state index is -0.787. The van der Waals surface area contributed by atoms with Crippen molar-refractivity contribution < 1.29 is 9.90 Å². The number of carbonyl (C=O) groups is 1. The van der Waals surface area contributed by atoms with Crippen LogP contribution in [0.3, 0.4) is 0 Å². The van der Waals surface area contributed by atoms with Gasteiger partial charge in [-0.2, -0.15) is 0 Å². The lowest BCUT2D eigenvalue weighted by molar-refractivity contribution is -0.136. The van der Waals surface area contributed by atoms with Crippen LogP contribution in [-0.4, -0.2) is 16.1 Å². The molecule has 2 rings (SSSR count). The van der Waals surface area contributed by atoms with Crippen molar-refractivity contribution in [1.82, 2.24) is 4.98 Å². The number of anilines is 1. The molecule has 0 aromatic carbocycles. The molecule has 0 aliphatic rings. The Hall–Kier alpha value is -1.40. The van der Waals surface area contributed by atoms with Crippen LogP contribution < -0.4 is 5.32 Å². The zero-order valence-electron chi connectivity index (χ0n) is 10.8. The number of thiazole rings is 1. The Morgan fingerprint density at radius 3 is 2.95 bits per heavy atom. The SMILES string of the molecule is Cc1ccc(C(C)Nc2nc(CCC(=O)O)cs2)s1. The fourth-order valence-corrected chi connectivity index (χ4v) is 3.38. The average molecular weight is 296 g/mol. The molecule has 102 valence electrons. The van der Waals surface area contributed by atoms with Crippen molar-refractivity contribution in [1.29, 1.82) is 0 Å². The summed E-state index contributed by atoms with van der Waals surface area (Å²) in [5.41, 5.74) is 0.837. The number of carboxylic acid groups (broad SMARTS) is 1. The van der Waals surface area contributed by atoms with Gasteiger partial charge in [-0.1, -0.05) is 0 Å². The van der Waals surface area contributed by atoms with Crippen molar-refractivity contribution >= 4 is 33.8 Å². The van der Waals surface area contributed by atoms with Crippen LogP contribution in [0.5, 0.6) is 0 Å². The van der Waals surface area contributed by atoms with Crippen molar-refractivity contribution in [2.75, 3.05) is 5.32 Å². The molecule has 1 unspecified atom stereocenters. The van der Waals surface area contributed by atoms with E-state index >= 15 is 0 Å². The summed E-state index contributed by atoms with van der Waals surface area (Å²) >= 11 is 3.29. The number of aryl methyl sites for hydroxylation is 2. The van der Waals surface area contributed by atoms with Gasteiger partial charge in [-0.05, 0) is 26.0 Å². The van der Waals surface area contributed by atoms with Gasteiger partial charge in [-0.25, -0.2) is 4.98 Å². The minimum absolute atomic E-state index is 0.128. The van der Waals surface area contributed by atoms with Gasteiger partial charge in [-0.3, -0.25) is 4.79 Å². The van der Waals surface area contributed by atoms with Crippen LogP contribution in [0, 0.1) is 6.92 Å². The molecule has 2 aromatic rings. The van der Waals surface area contributed by atoms with Gasteiger partial charge < -0.3 is 10.4 Å². The van der Waals surface area contributed by atoms with Crippen LogP contribution in [0.4, 0.5) is 5.13 Å². The summed E-state index contributed by atoms with van der Waals surface area (Å²) in [5.74, 6) is -0.787. The van der Waals surface area contributed by atoms with E-state index in [9.17, 15) is 4.79 Å². The predicted molar refractivity (Wildman–Crippen MR) is 79.2 cm³/mol. The Morgan fingerprint density at radius 2 is 2.32 bits per heavy atom. The third-order valence-electron chi connectivity index (χ3n) is 2.67. The number of carboxylic acids is 1. The lowest BCUT2D eigenvalue weighted by atomic mass is 10.2. The summed E-state index contributed by atoms with van der Waals surface area (Å²) in [6, 6.07) is 4.45. The maximum Gasteiger partial charge on any atom is 0.303 e. The third-order valence-corrected chi connectivity index (χ3v) is 4.68. The first kappa shape index (κ1) is 14.0. The molecule has 0 aliphatic carbocycles. The van der Waals surface area contributed by atoms with E-state index in [-0.39, 0.29) is 12.5 Å². The van der Waals surface area contributed by atoms with Gasteiger partial charge >= 0.3 is 5.97 Å². The highest BCUT2D eigenvalue weighted by Gasteiger charge is 2.10. The second-order valence-corrected chi connectivity index (χ2v) is 6.53. The summed E-state index contributed by atoms with van der Waals surface area (Å²) < 4.78 is 0. The molecular formula is C13H16N2O2S2. The van der Waals surface area contributed by atoms with Crippen LogP contribution in [0.15, 0.2) is 17.5 Å². The van der Waals surface area contributed by atoms with Crippen molar-refractivity contribution in [2.24, 2.45) is 0 Å². The highest BCUT2D eigenvalue weighted by molar-refractivity contribution is 7.14. The van der Waals surface area contributed by atoms with Crippen LogP contribution >= 0.6 is 22.7 Å². The Morgan fingerprint density at radius 1 is 1.53 bits per heavy atom. The Labute approximate surface area is 120 Å². The van der Waals surface area contributed by atoms with Gasteiger partial charge in [0, 0.05) is 21.6 Å². The molecule has 0 aliphatic heterocycles. The molecule has 0 spiro atoms. The molecule has 19 heavy (non-hydrogen) atoms. The molecule has 2 N–H and O–H groups in total. The number of hydrogen-bond donors (Lipinski definition) is 2.